The molecule has 0 aliphatic rings. The van der Waals surface area contributed by atoms with Crippen molar-refractivity contribution in [3.05, 3.63) is 28.8 Å². The summed E-state index contributed by atoms with van der Waals surface area (Å²) in [6.45, 7) is 6.28. The fraction of sp³-hybridized carbons (Fsp3) is 0.538. The molecule has 0 aromatic heterocycles. The Morgan fingerprint density at radius 2 is 2.06 bits per heavy atom. The van der Waals surface area contributed by atoms with Crippen molar-refractivity contribution >= 4 is 17.3 Å². The molecular formula is C13H21ClN2. The van der Waals surface area contributed by atoms with E-state index >= 15 is 0 Å². The molecule has 0 amide bonds. The van der Waals surface area contributed by atoms with Gasteiger partial charge in [0.1, 0.15) is 0 Å². The van der Waals surface area contributed by atoms with Crippen molar-refractivity contribution in [2.45, 2.75) is 20.4 Å². The minimum absolute atomic E-state index is 0.645. The predicted molar refractivity (Wildman–Crippen MR) is 72.3 cm³/mol. The number of hydrogen-bond acceptors (Lipinski definition) is 2. The van der Waals surface area contributed by atoms with Crippen LogP contribution in [0.4, 0.5) is 5.69 Å². The fourth-order valence-corrected chi connectivity index (χ4v) is 2.14. The zero-order valence-corrected chi connectivity index (χ0v) is 11.3. The summed E-state index contributed by atoms with van der Waals surface area (Å²) in [5.41, 5.74) is 2.39. The summed E-state index contributed by atoms with van der Waals surface area (Å²) in [6.07, 6.45) is 0. The molecule has 0 aliphatic heterocycles. The predicted octanol–water partition coefficient (Wildman–Crippen LogP) is 3.15. The Bertz CT molecular complexity index is 337. The molecule has 0 fully saturated rings. The average molecular weight is 241 g/mol. The lowest BCUT2D eigenvalue weighted by Gasteiger charge is -2.25. The Morgan fingerprint density at radius 3 is 2.62 bits per heavy atom. The third kappa shape index (κ3) is 3.39. The average Bonchev–Trinajstić information content (AvgIpc) is 2.20. The maximum absolute atomic E-state index is 6.22. The van der Waals surface area contributed by atoms with Crippen LogP contribution in [0.25, 0.3) is 0 Å². The molecule has 0 heterocycles. The Labute approximate surface area is 104 Å². The summed E-state index contributed by atoms with van der Waals surface area (Å²) < 4.78 is 0. The van der Waals surface area contributed by atoms with E-state index in [9.17, 15) is 0 Å². The van der Waals surface area contributed by atoms with E-state index in [-0.39, 0.29) is 0 Å². The molecule has 0 radical (unpaired) electrons. The van der Waals surface area contributed by atoms with Crippen molar-refractivity contribution in [3.63, 3.8) is 0 Å². The first-order valence-electron chi connectivity index (χ1n) is 5.69. The smallest absolute Gasteiger partial charge is 0.0471 e. The summed E-state index contributed by atoms with van der Waals surface area (Å²) in [5, 5.41) is 4.00. The number of halogens is 1. The zero-order valence-electron chi connectivity index (χ0n) is 10.5. The van der Waals surface area contributed by atoms with E-state index in [0.29, 0.717) is 5.92 Å². The van der Waals surface area contributed by atoms with Crippen LogP contribution in [0, 0.1) is 5.92 Å². The molecule has 0 bridgehead atoms. The molecule has 0 aliphatic carbocycles. The highest BCUT2D eigenvalue weighted by atomic mass is 35.5. The van der Waals surface area contributed by atoms with Crippen LogP contribution in [0.3, 0.4) is 0 Å². The van der Waals surface area contributed by atoms with Crippen molar-refractivity contribution in [2.24, 2.45) is 5.92 Å². The summed E-state index contributed by atoms with van der Waals surface area (Å²) in [6, 6.07) is 6.08. The molecule has 1 rings (SSSR count). The minimum atomic E-state index is 0.645. The van der Waals surface area contributed by atoms with Gasteiger partial charge in [0.05, 0.1) is 0 Å². The summed E-state index contributed by atoms with van der Waals surface area (Å²) in [4.78, 5) is 2.27. The van der Waals surface area contributed by atoms with Crippen LogP contribution in [-0.4, -0.2) is 20.6 Å². The Morgan fingerprint density at radius 1 is 1.38 bits per heavy atom. The second-order valence-electron chi connectivity index (χ2n) is 4.54. The van der Waals surface area contributed by atoms with E-state index in [1.54, 1.807) is 0 Å². The second-order valence-corrected chi connectivity index (χ2v) is 4.95. The largest absolute Gasteiger partial charge is 0.374 e. The van der Waals surface area contributed by atoms with Crippen LogP contribution in [0.15, 0.2) is 18.2 Å². The number of nitrogens with zero attached hydrogens (tertiary/aromatic N) is 1. The molecule has 1 N–H and O–H groups in total. The van der Waals surface area contributed by atoms with Crippen molar-refractivity contribution in [3.8, 4) is 0 Å². The highest BCUT2D eigenvalue weighted by molar-refractivity contribution is 6.31. The van der Waals surface area contributed by atoms with Crippen molar-refractivity contribution in [1.82, 2.24) is 5.32 Å². The number of benzene rings is 1. The lowest BCUT2D eigenvalue weighted by molar-refractivity contribution is 0.636. The number of nitrogens with one attached hydrogen (secondary N) is 1. The summed E-state index contributed by atoms with van der Waals surface area (Å²) in [5.74, 6) is 0.645. The van der Waals surface area contributed by atoms with Gasteiger partial charge in [-0.1, -0.05) is 31.5 Å². The van der Waals surface area contributed by atoms with Crippen LogP contribution < -0.4 is 10.2 Å². The van der Waals surface area contributed by atoms with Gasteiger partial charge in [0, 0.05) is 36.4 Å². The van der Waals surface area contributed by atoms with Gasteiger partial charge in [-0.05, 0) is 25.1 Å². The van der Waals surface area contributed by atoms with Gasteiger partial charge >= 0.3 is 0 Å². The highest BCUT2D eigenvalue weighted by Crippen LogP contribution is 2.27. The molecule has 1 aromatic rings. The molecule has 0 spiro atoms. The van der Waals surface area contributed by atoms with E-state index in [1.165, 1.54) is 11.3 Å². The maximum Gasteiger partial charge on any atom is 0.0471 e. The third-order valence-corrected chi connectivity index (χ3v) is 2.85. The number of anilines is 1. The van der Waals surface area contributed by atoms with E-state index in [2.05, 4.69) is 37.2 Å². The minimum Gasteiger partial charge on any atom is -0.374 e. The first kappa shape index (κ1) is 13.3. The van der Waals surface area contributed by atoms with Crippen molar-refractivity contribution in [1.29, 1.82) is 0 Å². The molecule has 90 valence electrons. The molecule has 0 unspecified atom stereocenters. The van der Waals surface area contributed by atoms with Gasteiger partial charge in [-0.2, -0.15) is 0 Å². The van der Waals surface area contributed by atoms with E-state index < -0.39 is 0 Å². The summed E-state index contributed by atoms with van der Waals surface area (Å²) >= 11 is 6.22. The quantitative estimate of drug-likeness (QED) is 0.851. The lowest BCUT2D eigenvalue weighted by atomic mass is 10.1. The van der Waals surface area contributed by atoms with Gasteiger partial charge in [0.2, 0.25) is 0 Å². The lowest BCUT2D eigenvalue weighted by Crippen LogP contribution is -2.24. The van der Waals surface area contributed by atoms with Gasteiger partial charge < -0.3 is 10.2 Å². The molecule has 1 aromatic carbocycles. The summed E-state index contributed by atoms with van der Waals surface area (Å²) in [7, 11) is 4.06. The third-order valence-electron chi connectivity index (χ3n) is 2.50. The SMILES string of the molecule is CNCc1c(Cl)cccc1N(C)CC(C)C. The molecular weight excluding hydrogens is 220 g/mol. The molecule has 0 saturated carbocycles. The number of rotatable bonds is 5. The topological polar surface area (TPSA) is 15.3 Å². The van der Waals surface area contributed by atoms with E-state index in [1.807, 2.05) is 19.2 Å². The zero-order chi connectivity index (χ0) is 12.1. The molecule has 2 nitrogen and oxygen atoms in total. The van der Waals surface area contributed by atoms with E-state index in [4.69, 9.17) is 11.6 Å². The Hall–Kier alpha value is -0.730. The van der Waals surface area contributed by atoms with Crippen LogP contribution in [0.5, 0.6) is 0 Å². The molecule has 0 saturated heterocycles. The van der Waals surface area contributed by atoms with Gasteiger partial charge in [-0.3, -0.25) is 0 Å². The van der Waals surface area contributed by atoms with Crippen molar-refractivity contribution < 1.29 is 0 Å². The standard InChI is InChI=1S/C13H21ClN2/c1-10(2)9-16(4)13-7-5-6-12(14)11(13)8-15-3/h5-7,10,15H,8-9H2,1-4H3. The maximum atomic E-state index is 6.22. The highest BCUT2D eigenvalue weighted by Gasteiger charge is 2.10. The normalized spacial score (nSPS) is 10.9. The molecule has 3 heteroatoms. The second kappa shape index (κ2) is 6.12. The van der Waals surface area contributed by atoms with E-state index in [0.717, 1.165) is 18.1 Å². The van der Waals surface area contributed by atoms with Gasteiger partial charge in [0.25, 0.3) is 0 Å². The van der Waals surface area contributed by atoms with Crippen LogP contribution in [0.1, 0.15) is 19.4 Å². The van der Waals surface area contributed by atoms with Crippen LogP contribution >= 0.6 is 11.6 Å². The van der Waals surface area contributed by atoms with Crippen molar-refractivity contribution in [2.75, 3.05) is 25.5 Å². The first-order chi connectivity index (χ1) is 7.56. The molecule has 16 heavy (non-hydrogen) atoms. The molecule has 0 atom stereocenters. The van der Waals surface area contributed by atoms with Gasteiger partial charge in [-0.25, -0.2) is 0 Å². The Balaban J connectivity index is 2.97. The van der Waals surface area contributed by atoms with Gasteiger partial charge in [-0.15, -0.1) is 0 Å². The van der Waals surface area contributed by atoms with Crippen LogP contribution in [0.2, 0.25) is 5.02 Å². The Kier molecular flexibility index (Phi) is 5.10. The fourth-order valence-electron chi connectivity index (χ4n) is 1.90. The monoisotopic (exact) mass is 240 g/mol. The van der Waals surface area contributed by atoms with Crippen LogP contribution in [-0.2, 0) is 6.54 Å². The number of hydrogen-bond donors (Lipinski definition) is 1. The van der Waals surface area contributed by atoms with Gasteiger partial charge in [0.15, 0.2) is 0 Å². The first-order valence-corrected chi connectivity index (χ1v) is 6.07.